The molecule has 0 spiro atoms. The van der Waals surface area contributed by atoms with E-state index in [1.54, 1.807) is 35.4 Å². The van der Waals surface area contributed by atoms with E-state index >= 15 is 0 Å². The van der Waals surface area contributed by atoms with Crippen molar-refractivity contribution < 1.29 is 22.8 Å². The maximum absolute atomic E-state index is 13.2. The van der Waals surface area contributed by atoms with Gasteiger partial charge in [0.15, 0.2) is 5.84 Å². The summed E-state index contributed by atoms with van der Waals surface area (Å²) in [5.41, 5.74) is 1.43. The first-order chi connectivity index (χ1) is 17.5. The van der Waals surface area contributed by atoms with Crippen LogP contribution in [0, 0.1) is 19.3 Å². The number of carbonyl (C=O) groups is 2. The Balaban J connectivity index is 1.42. The van der Waals surface area contributed by atoms with Crippen LogP contribution in [0.4, 0.5) is 13.2 Å². The van der Waals surface area contributed by atoms with E-state index in [0.717, 1.165) is 49.8 Å². The molecule has 2 amide bonds. The molecule has 37 heavy (non-hydrogen) atoms. The highest BCUT2D eigenvalue weighted by molar-refractivity contribution is 8.27. The molecule has 192 valence electrons. The third-order valence-electron chi connectivity index (χ3n) is 6.46. The molecule has 1 N–H and O–H groups in total. The number of halogens is 3. The quantitative estimate of drug-likeness (QED) is 0.580. The molecule has 4 heterocycles. The fourth-order valence-corrected chi connectivity index (χ4v) is 5.49. The van der Waals surface area contributed by atoms with Crippen molar-refractivity contribution in [3.8, 4) is 5.69 Å². The molecule has 1 saturated heterocycles. The number of amides is 2. The summed E-state index contributed by atoms with van der Waals surface area (Å²) in [7, 11) is 0. The molecule has 3 aliphatic rings. The molecule has 0 unspecified atom stereocenters. The van der Waals surface area contributed by atoms with Gasteiger partial charge in [-0.3, -0.25) is 15.0 Å². The van der Waals surface area contributed by atoms with E-state index in [0.29, 0.717) is 27.7 Å². The summed E-state index contributed by atoms with van der Waals surface area (Å²) in [5, 5.41) is 14.9. The number of alkyl halides is 3. The molecule has 0 aliphatic carbocycles. The average molecular weight is 529 g/mol. The van der Waals surface area contributed by atoms with Gasteiger partial charge >= 0.3 is 6.18 Å². The van der Waals surface area contributed by atoms with Crippen molar-refractivity contribution in [1.82, 2.24) is 14.5 Å². The van der Waals surface area contributed by atoms with Crippen molar-refractivity contribution in [3.63, 3.8) is 0 Å². The minimum Gasteiger partial charge on any atom is -0.342 e. The number of aliphatic imine (C=N–C) groups is 1. The van der Waals surface area contributed by atoms with Gasteiger partial charge in [-0.15, -0.1) is 0 Å². The number of aromatic nitrogens is 1. The number of thioether (sulfide) groups is 1. The lowest BCUT2D eigenvalue weighted by Crippen LogP contribution is -2.35. The molecule has 8 nitrogen and oxygen atoms in total. The van der Waals surface area contributed by atoms with E-state index in [-0.39, 0.29) is 28.9 Å². The molecule has 0 saturated carbocycles. The Hall–Kier alpha value is -3.67. The lowest BCUT2D eigenvalue weighted by Gasteiger charge is -2.20. The molecule has 1 aromatic carbocycles. The fourth-order valence-electron chi connectivity index (χ4n) is 4.62. The lowest BCUT2D eigenvalue weighted by molar-refractivity contribution is -0.137. The molecule has 5 rings (SSSR count). The maximum atomic E-state index is 13.2. The Labute approximate surface area is 215 Å². The summed E-state index contributed by atoms with van der Waals surface area (Å²) in [6.45, 7) is 4.94. The smallest absolute Gasteiger partial charge is 0.342 e. The fraction of sp³-hybridized carbons (Fsp3) is 0.320. The second kappa shape index (κ2) is 9.33. The number of hydrazone groups is 1. The predicted octanol–water partition coefficient (Wildman–Crippen LogP) is 4.74. The Morgan fingerprint density at radius 3 is 2.62 bits per heavy atom. The van der Waals surface area contributed by atoms with Gasteiger partial charge in [-0.1, -0.05) is 6.07 Å². The SMILES string of the molecule is Cc1cc(/C=C2\C(=N)N3N=C(CC(=O)N4CCCC4)SC3=NC2=O)c(C)n1-c1cccc(C(F)(F)F)c1. The molecule has 0 atom stereocenters. The highest BCUT2D eigenvalue weighted by Crippen LogP contribution is 2.33. The average Bonchev–Trinajstić information content (AvgIpc) is 3.56. The maximum Gasteiger partial charge on any atom is 0.416 e. The van der Waals surface area contributed by atoms with E-state index in [4.69, 9.17) is 5.41 Å². The Morgan fingerprint density at radius 1 is 1.19 bits per heavy atom. The highest BCUT2D eigenvalue weighted by atomic mass is 32.2. The minimum atomic E-state index is -4.47. The summed E-state index contributed by atoms with van der Waals surface area (Å²) in [5.74, 6) is -0.829. The van der Waals surface area contributed by atoms with Gasteiger partial charge in [0.25, 0.3) is 5.91 Å². The van der Waals surface area contributed by atoms with Crippen LogP contribution in [0.3, 0.4) is 0 Å². The number of likely N-dealkylation sites (tertiary alicyclic amines) is 1. The zero-order valence-electron chi connectivity index (χ0n) is 20.1. The van der Waals surface area contributed by atoms with Gasteiger partial charge in [0.2, 0.25) is 11.1 Å². The Bertz CT molecular complexity index is 1420. The van der Waals surface area contributed by atoms with Crippen LogP contribution < -0.4 is 0 Å². The molecule has 2 aromatic rings. The Morgan fingerprint density at radius 2 is 1.92 bits per heavy atom. The Kier molecular flexibility index (Phi) is 6.30. The van der Waals surface area contributed by atoms with Crippen LogP contribution >= 0.6 is 11.8 Å². The molecular formula is C25H23F3N6O2S. The number of amidine groups is 2. The monoisotopic (exact) mass is 528 g/mol. The first kappa shape index (κ1) is 25.0. The van der Waals surface area contributed by atoms with Crippen LogP contribution in [0.1, 0.15) is 41.8 Å². The van der Waals surface area contributed by atoms with E-state index in [1.165, 1.54) is 17.2 Å². The van der Waals surface area contributed by atoms with Crippen LogP contribution in [0.25, 0.3) is 11.8 Å². The van der Waals surface area contributed by atoms with Crippen LogP contribution in [0.2, 0.25) is 0 Å². The van der Waals surface area contributed by atoms with Gasteiger partial charge in [0.1, 0.15) is 5.04 Å². The zero-order valence-corrected chi connectivity index (χ0v) is 20.9. The highest BCUT2D eigenvalue weighted by Gasteiger charge is 2.37. The van der Waals surface area contributed by atoms with Crippen molar-refractivity contribution in [1.29, 1.82) is 5.41 Å². The summed E-state index contributed by atoms with van der Waals surface area (Å²) in [6, 6.07) is 6.76. The summed E-state index contributed by atoms with van der Waals surface area (Å²) < 4.78 is 41.4. The number of hydrogen-bond acceptors (Lipinski definition) is 5. The van der Waals surface area contributed by atoms with Gasteiger partial charge in [-0.2, -0.15) is 28.3 Å². The zero-order chi connectivity index (χ0) is 26.5. The topological polar surface area (TPSA) is 94.1 Å². The van der Waals surface area contributed by atoms with E-state index in [1.807, 2.05) is 0 Å². The van der Waals surface area contributed by atoms with Gasteiger partial charge < -0.3 is 9.47 Å². The van der Waals surface area contributed by atoms with E-state index < -0.39 is 17.6 Å². The number of fused-ring (bicyclic) bond motifs is 1. The van der Waals surface area contributed by atoms with Crippen LogP contribution in [0.5, 0.6) is 0 Å². The van der Waals surface area contributed by atoms with Gasteiger partial charge in [-0.05, 0) is 74.4 Å². The van der Waals surface area contributed by atoms with Crippen molar-refractivity contribution in [2.75, 3.05) is 13.1 Å². The molecule has 12 heteroatoms. The van der Waals surface area contributed by atoms with Crippen molar-refractivity contribution in [2.24, 2.45) is 10.1 Å². The van der Waals surface area contributed by atoms with Crippen molar-refractivity contribution in [2.45, 2.75) is 39.3 Å². The first-order valence-electron chi connectivity index (χ1n) is 11.7. The van der Waals surface area contributed by atoms with Crippen molar-refractivity contribution in [3.05, 3.63) is 58.4 Å². The normalized spacial score (nSPS) is 19.0. The number of aryl methyl sites for hydroxylation is 1. The molecular weight excluding hydrogens is 505 g/mol. The number of hydrogen-bond donors (Lipinski definition) is 1. The standard InChI is InChI=1S/C25H23F3N6O2S/c1-14-10-16(15(2)33(14)18-7-5-6-17(12-18)25(26,27)28)11-19-22(29)34-24(30-23(19)36)37-20(31-34)13-21(35)32-8-3-4-9-32/h5-7,10-12,29H,3-4,8-9,13H2,1-2H3/b19-11+,29-22?. The third-order valence-corrected chi connectivity index (χ3v) is 7.37. The predicted molar refractivity (Wildman–Crippen MR) is 136 cm³/mol. The summed E-state index contributed by atoms with van der Waals surface area (Å²) in [4.78, 5) is 31.2. The second-order valence-electron chi connectivity index (χ2n) is 8.99. The molecule has 3 aliphatic heterocycles. The van der Waals surface area contributed by atoms with Gasteiger partial charge in [-0.25, -0.2) is 0 Å². The third kappa shape index (κ3) is 4.73. The van der Waals surface area contributed by atoms with Gasteiger partial charge in [0, 0.05) is 30.2 Å². The number of rotatable bonds is 4. The van der Waals surface area contributed by atoms with Crippen molar-refractivity contribution >= 4 is 45.7 Å². The molecule has 1 aromatic heterocycles. The molecule has 1 fully saturated rings. The van der Waals surface area contributed by atoms with E-state index in [9.17, 15) is 22.8 Å². The molecule has 0 radical (unpaired) electrons. The van der Waals surface area contributed by atoms with Crippen LogP contribution in [0.15, 0.2) is 46.0 Å². The van der Waals surface area contributed by atoms with Gasteiger partial charge in [0.05, 0.1) is 17.6 Å². The first-order valence-corrected chi connectivity index (χ1v) is 12.5. The number of nitrogens with one attached hydrogen (secondary N) is 1. The number of benzene rings is 1. The molecule has 0 bridgehead atoms. The second-order valence-corrected chi connectivity index (χ2v) is 10.0. The summed E-state index contributed by atoms with van der Waals surface area (Å²) >= 11 is 1.10. The van der Waals surface area contributed by atoms with Crippen LogP contribution in [-0.2, 0) is 15.8 Å². The largest absolute Gasteiger partial charge is 0.416 e. The van der Waals surface area contributed by atoms with E-state index in [2.05, 4.69) is 10.1 Å². The number of carbonyl (C=O) groups excluding carboxylic acids is 2. The minimum absolute atomic E-state index is 0.00418. The number of nitrogens with zero attached hydrogens (tertiary/aromatic N) is 5. The summed E-state index contributed by atoms with van der Waals surface area (Å²) in [6.07, 6.45) is -0.928. The van der Waals surface area contributed by atoms with Crippen LogP contribution in [-0.4, -0.2) is 55.4 Å². The lowest BCUT2D eigenvalue weighted by atomic mass is 10.1.